The molecular weight excluding hydrogens is 306 g/mol. The van der Waals surface area contributed by atoms with Crippen molar-refractivity contribution in [3.8, 4) is 5.75 Å². The Bertz CT molecular complexity index is 653. The number of rotatable bonds is 5. The maximum atomic E-state index is 12.0. The summed E-state index contributed by atoms with van der Waals surface area (Å²) in [6, 6.07) is 6.29. The fraction of sp³-hybridized carbons (Fsp3) is 0.526. The van der Waals surface area contributed by atoms with Gasteiger partial charge in [0, 0.05) is 26.1 Å². The minimum absolute atomic E-state index is 0.184. The summed E-state index contributed by atoms with van der Waals surface area (Å²) in [4.78, 5) is 14.2. The van der Waals surface area contributed by atoms with Gasteiger partial charge in [0.15, 0.2) is 0 Å². The average molecular weight is 331 g/mol. The number of hydrogen-bond donors (Lipinski definition) is 1. The fourth-order valence-electron chi connectivity index (χ4n) is 3.67. The van der Waals surface area contributed by atoms with E-state index in [1.165, 1.54) is 11.1 Å². The van der Waals surface area contributed by atoms with E-state index in [1.807, 2.05) is 6.07 Å². The van der Waals surface area contributed by atoms with Crippen LogP contribution in [0.3, 0.4) is 0 Å². The zero-order valence-corrected chi connectivity index (χ0v) is 14.4. The summed E-state index contributed by atoms with van der Waals surface area (Å²) in [7, 11) is 1.69. The predicted molar refractivity (Wildman–Crippen MR) is 91.2 cm³/mol. The molecule has 1 heterocycles. The van der Waals surface area contributed by atoms with Crippen molar-refractivity contribution in [2.45, 2.75) is 26.2 Å². The molecule has 0 aromatic heterocycles. The van der Waals surface area contributed by atoms with E-state index < -0.39 is 0 Å². The highest BCUT2D eigenvalue weighted by Gasteiger charge is 2.29. The van der Waals surface area contributed by atoms with E-state index in [2.05, 4.69) is 17.0 Å². The van der Waals surface area contributed by atoms with Gasteiger partial charge in [0.1, 0.15) is 11.5 Å². The normalized spacial score (nSPS) is 20.8. The molecule has 1 aromatic rings. The van der Waals surface area contributed by atoms with Gasteiger partial charge < -0.3 is 14.6 Å². The predicted octanol–water partition coefficient (Wildman–Crippen LogP) is 2.49. The van der Waals surface area contributed by atoms with Crippen LogP contribution in [-0.2, 0) is 22.4 Å². The third kappa shape index (κ3) is 3.56. The Morgan fingerprint density at radius 1 is 1.33 bits per heavy atom. The van der Waals surface area contributed by atoms with Crippen LogP contribution in [-0.4, -0.2) is 49.3 Å². The first-order valence-corrected chi connectivity index (χ1v) is 8.57. The zero-order chi connectivity index (χ0) is 17.1. The van der Waals surface area contributed by atoms with Crippen molar-refractivity contribution >= 4 is 5.97 Å². The SMILES string of the molecule is CCOC(=O)C1=C(O)CCN(CC2Cc3ccc(OC)cc3C2)C1. The first kappa shape index (κ1) is 16.8. The number of methoxy groups -OCH3 is 1. The molecule has 0 saturated heterocycles. The molecule has 1 aromatic carbocycles. The van der Waals surface area contributed by atoms with Gasteiger partial charge in [-0.25, -0.2) is 4.79 Å². The highest BCUT2D eigenvalue weighted by atomic mass is 16.5. The fourth-order valence-corrected chi connectivity index (χ4v) is 3.67. The van der Waals surface area contributed by atoms with Gasteiger partial charge >= 0.3 is 5.97 Å². The lowest BCUT2D eigenvalue weighted by atomic mass is 10.0. The van der Waals surface area contributed by atoms with Gasteiger partial charge in [-0.3, -0.25) is 4.90 Å². The lowest BCUT2D eigenvalue weighted by Gasteiger charge is -2.29. The molecule has 1 N–H and O–H groups in total. The second-order valence-corrected chi connectivity index (χ2v) is 6.54. The Labute approximate surface area is 142 Å². The summed E-state index contributed by atoms with van der Waals surface area (Å²) in [6.45, 7) is 4.29. The largest absolute Gasteiger partial charge is 0.512 e. The smallest absolute Gasteiger partial charge is 0.338 e. The number of ether oxygens (including phenoxy) is 2. The van der Waals surface area contributed by atoms with Crippen molar-refractivity contribution in [3.05, 3.63) is 40.7 Å². The van der Waals surface area contributed by atoms with Crippen molar-refractivity contribution in [1.29, 1.82) is 0 Å². The van der Waals surface area contributed by atoms with Crippen LogP contribution in [0.5, 0.6) is 5.75 Å². The highest BCUT2D eigenvalue weighted by Crippen LogP contribution is 2.31. The molecule has 0 amide bonds. The quantitative estimate of drug-likeness (QED) is 0.840. The molecule has 0 radical (unpaired) electrons. The van der Waals surface area contributed by atoms with E-state index in [0.29, 0.717) is 31.1 Å². The zero-order valence-electron chi connectivity index (χ0n) is 14.4. The standard InChI is InChI=1S/C19H25NO4/c1-3-24-19(22)17-12-20(7-6-18(17)21)11-13-8-14-4-5-16(23-2)10-15(14)9-13/h4-5,10,13,21H,3,6-9,11-12H2,1-2H3. The van der Waals surface area contributed by atoms with Crippen LogP contribution in [0.25, 0.3) is 0 Å². The molecule has 2 aliphatic rings. The van der Waals surface area contributed by atoms with Gasteiger partial charge in [-0.05, 0) is 48.9 Å². The van der Waals surface area contributed by atoms with Crippen LogP contribution in [0.1, 0.15) is 24.5 Å². The maximum Gasteiger partial charge on any atom is 0.338 e. The van der Waals surface area contributed by atoms with Crippen LogP contribution in [0.15, 0.2) is 29.5 Å². The highest BCUT2D eigenvalue weighted by molar-refractivity contribution is 5.89. The number of carbonyl (C=O) groups excluding carboxylic acids is 1. The number of hydrogen-bond acceptors (Lipinski definition) is 5. The molecule has 5 nitrogen and oxygen atoms in total. The number of carbonyl (C=O) groups is 1. The summed E-state index contributed by atoms with van der Waals surface area (Å²) in [5.74, 6) is 1.24. The van der Waals surface area contributed by atoms with Gasteiger partial charge in [-0.1, -0.05) is 6.07 Å². The molecule has 0 bridgehead atoms. The molecule has 1 aliphatic carbocycles. The average Bonchev–Trinajstić information content (AvgIpc) is 2.97. The molecule has 3 rings (SSSR count). The Hall–Kier alpha value is -2.01. The summed E-state index contributed by atoms with van der Waals surface area (Å²) in [5.41, 5.74) is 3.17. The molecule has 1 aliphatic heterocycles. The molecule has 130 valence electrons. The first-order chi connectivity index (χ1) is 11.6. The van der Waals surface area contributed by atoms with E-state index in [4.69, 9.17) is 9.47 Å². The number of aliphatic hydroxyl groups excluding tert-OH is 1. The Balaban J connectivity index is 1.61. The number of aliphatic hydroxyl groups is 1. The topological polar surface area (TPSA) is 59.0 Å². The van der Waals surface area contributed by atoms with Crippen molar-refractivity contribution in [3.63, 3.8) is 0 Å². The van der Waals surface area contributed by atoms with Crippen molar-refractivity contribution in [1.82, 2.24) is 4.90 Å². The number of nitrogens with zero attached hydrogens (tertiary/aromatic N) is 1. The number of fused-ring (bicyclic) bond motifs is 1. The second-order valence-electron chi connectivity index (χ2n) is 6.54. The first-order valence-electron chi connectivity index (χ1n) is 8.57. The summed E-state index contributed by atoms with van der Waals surface area (Å²) < 4.78 is 10.4. The maximum absolute atomic E-state index is 12.0. The van der Waals surface area contributed by atoms with Gasteiger partial charge in [0.25, 0.3) is 0 Å². The molecule has 1 unspecified atom stereocenters. The minimum atomic E-state index is -0.390. The monoisotopic (exact) mass is 331 g/mol. The Morgan fingerprint density at radius 2 is 2.12 bits per heavy atom. The van der Waals surface area contributed by atoms with E-state index in [0.717, 1.165) is 31.7 Å². The van der Waals surface area contributed by atoms with Crippen LogP contribution in [0.2, 0.25) is 0 Å². The Kier molecular flexibility index (Phi) is 5.09. The molecule has 5 heteroatoms. The van der Waals surface area contributed by atoms with Crippen molar-refractivity contribution in [2.24, 2.45) is 5.92 Å². The van der Waals surface area contributed by atoms with Crippen molar-refractivity contribution < 1.29 is 19.4 Å². The lowest BCUT2D eigenvalue weighted by Crippen LogP contribution is -2.38. The van der Waals surface area contributed by atoms with Crippen molar-refractivity contribution in [2.75, 3.05) is 33.4 Å². The molecular formula is C19H25NO4. The van der Waals surface area contributed by atoms with E-state index >= 15 is 0 Å². The van der Waals surface area contributed by atoms with E-state index in [9.17, 15) is 9.90 Å². The van der Waals surface area contributed by atoms with Gasteiger partial charge in [0.05, 0.1) is 19.3 Å². The molecule has 0 spiro atoms. The van der Waals surface area contributed by atoms with E-state index in [1.54, 1.807) is 14.0 Å². The molecule has 0 fully saturated rings. The van der Waals surface area contributed by atoms with Crippen LogP contribution in [0.4, 0.5) is 0 Å². The number of benzene rings is 1. The summed E-state index contributed by atoms with van der Waals surface area (Å²) in [6.07, 6.45) is 2.61. The minimum Gasteiger partial charge on any atom is -0.512 e. The second kappa shape index (κ2) is 7.26. The number of esters is 1. The molecule has 0 saturated carbocycles. The third-order valence-corrected chi connectivity index (χ3v) is 4.86. The third-order valence-electron chi connectivity index (χ3n) is 4.86. The van der Waals surface area contributed by atoms with Gasteiger partial charge in [-0.2, -0.15) is 0 Å². The summed E-state index contributed by atoms with van der Waals surface area (Å²) in [5, 5.41) is 9.98. The van der Waals surface area contributed by atoms with Gasteiger partial charge in [-0.15, -0.1) is 0 Å². The Morgan fingerprint density at radius 3 is 2.88 bits per heavy atom. The van der Waals surface area contributed by atoms with Crippen LogP contribution in [0, 0.1) is 5.92 Å². The lowest BCUT2D eigenvalue weighted by molar-refractivity contribution is -0.139. The van der Waals surface area contributed by atoms with E-state index in [-0.39, 0.29) is 11.7 Å². The molecule has 1 atom stereocenters. The molecule has 24 heavy (non-hydrogen) atoms. The van der Waals surface area contributed by atoms with Crippen LogP contribution < -0.4 is 4.74 Å². The summed E-state index contributed by atoms with van der Waals surface area (Å²) >= 11 is 0. The van der Waals surface area contributed by atoms with Crippen LogP contribution >= 0.6 is 0 Å². The van der Waals surface area contributed by atoms with Gasteiger partial charge in [0.2, 0.25) is 0 Å².